The van der Waals surface area contributed by atoms with Crippen molar-refractivity contribution in [2.45, 2.75) is 208 Å². The maximum absolute atomic E-state index is 7.13. The van der Waals surface area contributed by atoms with E-state index in [4.69, 9.17) is 18.9 Å². The summed E-state index contributed by atoms with van der Waals surface area (Å²) < 4.78 is 27.9. The van der Waals surface area contributed by atoms with E-state index < -0.39 is 0 Å². The molecule has 0 fully saturated rings. The van der Waals surface area contributed by atoms with Gasteiger partial charge in [-0.15, -0.1) is 0 Å². The van der Waals surface area contributed by atoms with Crippen LogP contribution in [0.3, 0.4) is 0 Å². The van der Waals surface area contributed by atoms with Crippen LogP contribution in [-0.4, -0.2) is 24.4 Å². The summed E-state index contributed by atoms with van der Waals surface area (Å²) in [5.41, 5.74) is 0. The molecular weight excluding hydrogens is 617 g/mol. The van der Waals surface area contributed by atoms with Gasteiger partial charge in [-0.3, -0.25) is 0 Å². The third-order valence-electron chi connectivity index (χ3n) is 10.1. The van der Waals surface area contributed by atoms with Gasteiger partial charge in [0, 0.05) is 10.8 Å². The van der Waals surface area contributed by atoms with E-state index >= 15 is 0 Å². The van der Waals surface area contributed by atoms with Gasteiger partial charge in [-0.25, -0.2) is 0 Å². The first-order valence-electron chi connectivity index (χ1n) is 21.0. The fraction of sp³-hybridized carbons (Fsp3) is 0.696. The molecule has 4 atom stereocenters. The summed E-state index contributed by atoms with van der Waals surface area (Å²) in [6.45, 7) is 18.0. The minimum Gasteiger partial charge on any atom is -0.490 e. The van der Waals surface area contributed by atoms with Crippen LogP contribution < -0.4 is 18.9 Å². The molecule has 0 aliphatic carbocycles. The summed E-state index contributed by atoms with van der Waals surface area (Å²) in [5.74, 6) is 3.55. The first-order valence-corrected chi connectivity index (χ1v) is 21.0. The van der Waals surface area contributed by atoms with E-state index in [2.05, 4.69) is 91.8 Å². The Bertz CT molecular complexity index is 1270. The van der Waals surface area contributed by atoms with Gasteiger partial charge in [0.15, 0.2) is 0 Å². The standard InChI is InChI=1S/C46H74O4/c1-9-13-17-21-27-35(5)47-41-33-25-31-39-43(41)46(50-38(8)30-24-20-16-12-4)44-40(45(39)49-37(7)29-23-19-15-11-3)32-26-34-42(44)48-36(6)28-22-18-14-10-2/h25-26,31-38H,9-24,27-30H2,1-8H3. The smallest absolute Gasteiger partial charge is 0.143 e. The van der Waals surface area contributed by atoms with Gasteiger partial charge in [-0.1, -0.05) is 129 Å². The molecule has 3 rings (SSSR count). The van der Waals surface area contributed by atoms with E-state index in [1.807, 2.05) is 0 Å². The molecule has 0 bridgehead atoms. The molecule has 0 radical (unpaired) electrons. The first kappa shape index (κ1) is 41.8. The highest BCUT2D eigenvalue weighted by Gasteiger charge is 2.26. The van der Waals surface area contributed by atoms with Crippen LogP contribution in [0.1, 0.15) is 184 Å². The molecule has 4 unspecified atom stereocenters. The average Bonchev–Trinajstić information content (AvgIpc) is 3.10. The Balaban J connectivity index is 2.18. The number of ether oxygens (including phenoxy) is 4. The molecule has 0 heterocycles. The minimum absolute atomic E-state index is 0.0570. The third-order valence-corrected chi connectivity index (χ3v) is 10.1. The number of rotatable bonds is 28. The lowest BCUT2D eigenvalue weighted by atomic mass is 9.98. The van der Waals surface area contributed by atoms with Crippen molar-refractivity contribution in [3.8, 4) is 23.0 Å². The van der Waals surface area contributed by atoms with Crippen LogP contribution in [0.2, 0.25) is 0 Å². The van der Waals surface area contributed by atoms with E-state index in [1.54, 1.807) is 0 Å². The third kappa shape index (κ3) is 13.5. The SMILES string of the molecule is CCCCCCC(C)Oc1c2cccc(OC(C)CCCCCC)c2c(OC(C)CCCCCC)c2c(OC(C)CCCCCC)cccc12. The van der Waals surface area contributed by atoms with E-state index in [0.717, 1.165) is 76.6 Å². The van der Waals surface area contributed by atoms with Crippen molar-refractivity contribution in [1.82, 2.24) is 0 Å². The normalized spacial score (nSPS) is 14.1. The molecule has 0 aliphatic rings. The minimum atomic E-state index is 0.0570. The Kier molecular flexibility index (Phi) is 19.9. The molecule has 282 valence electrons. The summed E-state index contributed by atoms with van der Waals surface area (Å²) in [4.78, 5) is 0. The summed E-state index contributed by atoms with van der Waals surface area (Å²) in [7, 11) is 0. The maximum Gasteiger partial charge on any atom is 0.143 e. The van der Waals surface area contributed by atoms with Gasteiger partial charge in [-0.2, -0.15) is 0 Å². The van der Waals surface area contributed by atoms with Gasteiger partial charge in [0.1, 0.15) is 23.0 Å². The highest BCUT2D eigenvalue weighted by Crippen LogP contribution is 2.50. The molecular formula is C46H74O4. The molecule has 0 N–H and O–H groups in total. The molecule has 3 aromatic rings. The topological polar surface area (TPSA) is 36.9 Å². The van der Waals surface area contributed by atoms with Crippen molar-refractivity contribution in [3.63, 3.8) is 0 Å². The molecule has 0 saturated carbocycles. The molecule has 0 saturated heterocycles. The van der Waals surface area contributed by atoms with Crippen LogP contribution in [0.25, 0.3) is 21.5 Å². The van der Waals surface area contributed by atoms with Crippen LogP contribution in [0.4, 0.5) is 0 Å². The van der Waals surface area contributed by atoms with Gasteiger partial charge >= 0.3 is 0 Å². The second-order valence-electron chi connectivity index (χ2n) is 15.1. The molecule has 4 nitrogen and oxygen atoms in total. The van der Waals surface area contributed by atoms with Crippen molar-refractivity contribution >= 4 is 21.5 Å². The molecule has 3 aromatic carbocycles. The van der Waals surface area contributed by atoms with Gasteiger partial charge in [0.2, 0.25) is 0 Å². The zero-order chi connectivity index (χ0) is 36.1. The Labute approximate surface area is 307 Å². The van der Waals surface area contributed by atoms with E-state index in [-0.39, 0.29) is 24.4 Å². The van der Waals surface area contributed by atoms with Crippen molar-refractivity contribution in [1.29, 1.82) is 0 Å². The first-order chi connectivity index (χ1) is 24.3. The van der Waals surface area contributed by atoms with Gasteiger partial charge in [-0.05, 0) is 91.2 Å². The number of benzene rings is 3. The lowest BCUT2D eigenvalue weighted by Crippen LogP contribution is -2.16. The van der Waals surface area contributed by atoms with Crippen LogP contribution >= 0.6 is 0 Å². The van der Waals surface area contributed by atoms with Crippen molar-refractivity contribution in [2.24, 2.45) is 0 Å². The molecule has 4 heteroatoms. The molecule has 50 heavy (non-hydrogen) atoms. The van der Waals surface area contributed by atoms with Crippen LogP contribution in [0.15, 0.2) is 36.4 Å². The Morgan fingerprint density at radius 2 is 0.700 bits per heavy atom. The number of hydrogen-bond acceptors (Lipinski definition) is 4. The monoisotopic (exact) mass is 691 g/mol. The number of unbranched alkanes of at least 4 members (excludes halogenated alkanes) is 12. The number of hydrogen-bond donors (Lipinski definition) is 0. The highest BCUT2D eigenvalue weighted by molar-refractivity contribution is 6.15. The zero-order valence-corrected chi connectivity index (χ0v) is 33.5. The molecule has 0 spiro atoms. The molecule has 0 amide bonds. The quantitative estimate of drug-likeness (QED) is 0.0561. The highest BCUT2D eigenvalue weighted by atomic mass is 16.5. The summed E-state index contributed by atoms with van der Waals surface area (Å²) in [5, 5.41) is 4.15. The molecule has 0 aromatic heterocycles. The van der Waals surface area contributed by atoms with Crippen LogP contribution in [-0.2, 0) is 0 Å². The zero-order valence-electron chi connectivity index (χ0n) is 33.5. The summed E-state index contributed by atoms with van der Waals surface area (Å²) >= 11 is 0. The van der Waals surface area contributed by atoms with E-state index in [0.29, 0.717) is 0 Å². The van der Waals surface area contributed by atoms with E-state index in [1.165, 1.54) is 96.3 Å². The number of fused-ring (bicyclic) bond motifs is 2. The Morgan fingerprint density at radius 1 is 0.380 bits per heavy atom. The fourth-order valence-corrected chi connectivity index (χ4v) is 7.13. The summed E-state index contributed by atoms with van der Waals surface area (Å²) in [6, 6.07) is 12.9. The van der Waals surface area contributed by atoms with E-state index in [9.17, 15) is 0 Å². The molecule has 0 aliphatic heterocycles. The maximum atomic E-state index is 7.13. The van der Waals surface area contributed by atoms with Crippen molar-refractivity contribution in [2.75, 3.05) is 0 Å². The lowest BCUT2D eigenvalue weighted by Gasteiger charge is -2.26. The second kappa shape index (κ2) is 23.8. The van der Waals surface area contributed by atoms with Crippen molar-refractivity contribution in [3.05, 3.63) is 36.4 Å². The fourth-order valence-electron chi connectivity index (χ4n) is 7.13. The van der Waals surface area contributed by atoms with Gasteiger partial charge < -0.3 is 18.9 Å². The largest absolute Gasteiger partial charge is 0.490 e. The predicted octanol–water partition coefficient (Wildman–Crippen LogP) is 14.9. The van der Waals surface area contributed by atoms with Gasteiger partial charge in [0.05, 0.1) is 35.2 Å². The van der Waals surface area contributed by atoms with Gasteiger partial charge in [0.25, 0.3) is 0 Å². The predicted molar refractivity (Wildman–Crippen MR) is 217 cm³/mol. The second-order valence-corrected chi connectivity index (χ2v) is 15.1. The summed E-state index contributed by atoms with van der Waals surface area (Å²) in [6.07, 6.45) is 24.2. The van der Waals surface area contributed by atoms with Crippen LogP contribution in [0.5, 0.6) is 23.0 Å². The lowest BCUT2D eigenvalue weighted by molar-refractivity contribution is 0.197. The Hall–Kier alpha value is -2.62. The Morgan fingerprint density at radius 3 is 1.04 bits per heavy atom. The van der Waals surface area contributed by atoms with Crippen molar-refractivity contribution < 1.29 is 18.9 Å². The average molecular weight is 691 g/mol. The van der Waals surface area contributed by atoms with Crippen LogP contribution in [0, 0.1) is 0 Å².